The van der Waals surface area contributed by atoms with Crippen molar-refractivity contribution in [2.45, 2.75) is 18.6 Å². The van der Waals surface area contributed by atoms with Crippen LogP contribution in [0.25, 0.3) is 11.4 Å². The van der Waals surface area contributed by atoms with Gasteiger partial charge in [-0.05, 0) is 37.3 Å². The van der Waals surface area contributed by atoms with Crippen LogP contribution in [-0.4, -0.2) is 46.6 Å². The number of thiophene rings is 1. The summed E-state index contributed by atoms with van der Waals surface area (Å²) in [5, 5.41) is 12.4. The van der Waals surface area contributed by atoms with Crippen LogP contribution >= 0.6 is 23.1 Å². The van der Waals surface area contributed by atoms with E-state index in [0.29, 0.717) is 28.1 Å². The van der Waals surface area contributed by atoms with E-state index in [2.05, 4.69) is 22.1 Å². The highest BCUT2D eigenvalue weighted by Gasteiger charge is 2.19. The Labute approximate surface area is 188 Å². The summed E-state index contributed by atoms with van der Waals surface area (Å²) >= 11 is 2.58. The van der Waals surface area contributed by atoms with Gasteiger partial charge in [0, 0.05) is 17.0 Å². The highest BCUT2D eigenvalue weighted by molar-refractivity contribution is 7.99. The minimum Gasteiger partial charge on any atom is -0.497 e. The van der Waals surface area contributed by atoms with Crippen LogP contribution < -0.4 is 10.1 Å². The first-order valence-electron chi connectivity index (χ1n) is 9.26. The maximum atomic E-state index is 12.5. The summed E-state index contributed by atoms with van der Waals surface area (Å²) in [7, 11) is 2.92. The van der Waals surface area contributed by atoms with Crippen LogP contribution in [0.3, 0.4) is 0 Å². The second-order valence-electron chi connectivity index (χ2n) is 6.36. The van der Waals surface area contributed by atoms with Crippen molar-refractivity contribution in [1.82, 2.24) is 14.8 Å². The molecule has 0 aliphatic carbocycles. The van der Waals surface area contributed by atoms with Crippen LogP contribution in [0.1, 0.15) is 15.2 Å². The molecule has 2 aromatic heterocycles. The molecule has 0 radical (unpaired) electrons. The monoisotopic (exact) mass is 458 g/mol. The molecule has 2 heterocycles. The van der Waals surface area contributed by atoms with Gasteiger partial charge in [-0.3, -0.25) is 9.36 Å². The Morgan fingerprint density at radius 2 is 2.00 bits per heavy atom. The Morgan fingerprint density at radius 3 is 2.65 bits per heavy atom. The van der Waals surface area contributed by atoms with Crippen molar-refractivity contribution < 1.29 is 19.1 Å². The van der Waals surface area contributed by atoms with E-state index in [-0.39, 0.29) is 11.7 Å². The Bertz CT molecular complexity index is 1090. The molecule has 8 nitrogen and oxygen atoms in total. The third-order valence-electron chi connectivity index (χ3n) is 4.22. The lowest BCUT2D eigenvalue weighted by Crippen LogP contribution is -2.16. The fraction of sp³-hybridized carbons (Fsp3) is 0.238. The number of ether oxygens (including phenoxy) is 2. The zero-order valence-corrected chi connectivity index (χ0v) is 19.0. The molecule has 3 aromatic rings. The number of aryl methyl sites for hydroxylation is 1. The lowest BCUT2D eigenvalue weighted by Gasteiger charge is -2.09. The summed E-state index contributed by atoms with van der Waals surface area (Å²) in [4.78, 5) is 25.3. The molecule has 0 saturated heterocycles. The van der Waals surface area contributed by atoms with Gasteiger partial charge in [-0.15, -0.1) is 28.1 Å². The van der Waals surface area contributed by atoms with Gasteiger partial charge in [0.15, 0.2) is 11.0 Å². The van der Waals surface area contributed by atoms with Crippen molar-refractivity contribution in [2.75, 3.05) is 25.3 Å². The minimum absolute atomic E-state index is 0.107. The Balaban J connectivity index is 1.73. The molecule has 3 rings (SSSR count). The minimum atomic E-state index is -0.484. The number of anilines is 1. The maximum absolute atomic E-state index is 12.5. The van der Waals surface area contributed by atoms with Gasteiger partial charge in [0.05, 0.1) is 25.5 Å². The standard InChI is InChI=1S/C21H22N4O4S2/c1-5-10-25-18(14-6-8-15(28-3)9-7-14)23-24-21(25)30-12-17(26)22-19-16(20(27)29-4)11-13(2)31-19/h5-9,11H,1,10,12H2,2-4H3,(H,22,26). The highest BCUT2D eigenvalue weighted by Crippen LogP contribution is 2.29. The number of hydrogen-bond donors (Lipinski definition) is 1. The van der Waals surface area contributed by atoms with Crippen molar-refractivity contribution in [3.05, 3.63) is 53.4 Å². The molecule has 0 saturated carbocycles. The summed E-state index contributed by atoms with van der Waals surface area (Å²) < 4.78 is 11.9. The maximum Gasteiger partial charge on any atom is 0.340 e. The number of hydrogen-bond acceptors (Lipinski definition) is 8. The van der Waals surface area contributed by atoms with Crippen LogP contribution in [-0.2, 0) is 16.1 Å². The van der Waals surface area contributed by atoms with E-state index in [4.69, 9.17) is 9.47 Å². The molecule has 1 N–H and O–H groups in total. The Morgan fingerprint density at radius 1 is 1.26 bits per heavy atom. The second-order valence-corrected chi connectivity index (χ2v) is 8.56. The van der Waals surface area contributed by atoms with E-state index in [1.807, 2.05) is 35.8 Å². The highest BCUT2D eigenvalue weighted by atomic mass is 32.2. The third kappa shape index (κ3) is 5.33. The first-order valence-corrected chi connectivity index (χ1v) is 11.1. The number of amides is 1. The fourth-order valence-corrected chi connectivity index (χ4v) is 4.47. The number of rotatable bonds is 9. The molecule has 0 unspecified atom stereocenters. The van der Waals surface area contributed by atoms with Crippen LogP contribution in [0.15, 0.2) is 48.1 Å². The van der Waals surface area contributed by atoms with Crippen molar-refractivity contribution in [3.8, 4) is 17.1 Å². The molecule has 162 valence electrons. The average molecular weight is 459 g/mol. The number of thioether (sulfide) groups is 1. The van der Waals surface area contributed by atoms with Crippen LogP contribution in [0.2, 0.25) is 0 Å². The molecular weight excluding hydrogens is 436 g/mol. The lowest BCUT2D eigenvalue weighted by molar-refractivity contribution is -0.113. The van der Waals surface area contributed by atoms with Gasteiger partial charge in [-0.2, -0.15) is 0 Å². The molecule has 0 fully saturated rings. The van der Waals surface area contributed by atoms with Crippen molar-refractivity contribution in [2.24, 2.45) is 0 Å². The molecular formula is C21H22N4O4S2. The van der Waals surface area contributed by atoms with Gasteiger partial charge in [0.25, 0.3) is 0 Å². The smallest absolute Gasteiger partial charge is 0.340 e. The SMILES string of the molecule is C=CCn1c(SCC(=O)Nc2sc(C)cc2C(=O)OC)nnc1-c1ccc(OC)cc1. The summed E-state index contributed by atoms with van der Waals surface area (Å²) in [6.45, 7) is 6.16. The van der Waals surface area contributed by atoms with Gasteiger partial charge < -0.3 is 14.8 Å². The molecule has 0 atom stereocenters. The number of benzene rings is 1. The summed E-state index contributed by atoms with van der Waals surface area (Å²) in [5.74, 6) is 0.792. The summed E-state index contributed by atoms with van der Waals surface area (Å²) in [6, 6.07) is 9.20. The third-order valence-corrected chi connectivity index (χ3v) is 6.16. The van der Waals surface area contributed by atoms with Crippen molar-refractivity contribution >= 4 is 40.0 Å². The normalized spacial score (nSPS) is 10.5. The zero-order chi connectivity index (χ0) is 22.4. The molecule has 1 aromatic carbocycles. The first kappa shape index (κ1) is 22.6. The predicted octanol–water partition coefficient (Wildman–Crippen LogP) is 4.03. The van der Waals surface area contributed by atoms with E-state index in [9.17, 15) is 9.59 Å². The Kier molecular flexibility index (Phi) is 7.48. The molecule has 0 aliphatic heterocycles. The number of nitrogens with zero attached hydrogens (tertiary/aromatic N) is 3. The summed E-state index contributed by atoms with van der Waals surface area (Å²) in [5.41, 5.74) is 1.23. The average Bonchev–Trinajstić information content (AvgIpc) is 3.35. The molecule has 10 heteroatoms. The topological polar surface area (TPSA) is 95.3 Å². The molecule has 0 aliphatic rings. The van der Waals surface area contributed by atoms with E-state index in [1.54, 1.807) is 19.3 Å². The molecule has 1 amide bonds. The molecule has 0 spiro atoms. The van der Waals surface area contributed by atoms with E-state index in [0.717, 1.165) is 16.2 Å². The molecule has 0 bridgehead atoms. The molecule has 31 heavy (non-hydrogen) atoms. The fourth-order valence-electron chi connectivity index (χ4n) is 2.80. The predicted molar refractivity (Wildman–Crippen MR) is 122 cm³/mol. The number of nitrogens with one attached hydrogen (secondary N) is 1. The van der Waals surface area contributed by atoms with E-state index in [1.165, 1.54) is 30.2 Å². The van der Waals surface area contributed by atoms with Crippen LogP contribution in [0, 0.1) is 6.92 Å². The van der Waals surface area contributed by atoms with Gasteiger partial charge >= 0.3 is 5.97 Å². The van der Waals surface area contributed by atoms with Gasteiger partial charge in [0.2, 0.25) is 5.91 Å². The Hall–Kier alpha value is -3.11. The van der Waals surface area contributed by atoms with Crippen LogP contribution in [0.4, 0.5) is 5.00 Å². The largest absolute Gasteiger partial charge is 0.497 e. The summed E-state index contributed by atoms with van der Waals surface area (Å²) in [6.07, 6.45) is 1.75. The van der Waals surface area contributed by atoms with Gasteiger partial charge in [-0.25, -0.2) is 4.79 Å². The number of allylic oxidation sites excluding steroid dienone is 1. The van der Waals surface area contributed by atoms with E-state index < -0.39 is 5.97 Å². The number of methoxy groups -OCH3 is 2. The number of esters is 1. The number of carbonyl (C=O) groups is 2. The van der Waals surface area contributed by atoms with Crippen molar-refractivity contribution in [1.29, 1.82) is 0 Å². The van der Waals surface area contributed by atoms with Gasteiger partial charge in [-0.1, -0.05) is 17.8 Å². The number of carbonyl (C=O) groups excluding carboxylic acids is 2. The van der Waals surface area contributed by atoms with Gasteiger partial charge in [0.1, 0.15) is 10.8 Å². The van der Waals surface area contributed by atoms with E-state index >= 15 is 0 Å². The van der Waals surface area contributed by atoms with Crippen LogP contribution in [0.5, 0.6) is 5.75 Å². The first-order chi connectivity index (χ1) is 15.0. The van der Waals surface area contributed by atoms with Crippen molar-refractivity contribution in [3.63, 3.8) is 0 Å². The second kappa shape index (κ2) is 10.3. The lowest BCUT2D eigenvalue weighted by atomic mass is 10.2. The quantitative estimate of drug-likeness (QED) is 0.294. The zero-order valence-electron chi connectivity index (χ0n) is 17.4. The number of aromatic nitrogens is 3.